The van der Waals surface area contributed by atoms with Gasteiger partial charge in [-0.15, -0.1) is 0 Å². The lowest BCUT2D eigenvalue weighted by Crippen LogP contribution is -2.40. The van der Waals surface area contributed by atoms with Crippen molar-refractivity contribution in [2.45, 2.75) is 33.4 Å². The number of rotatable bonds is 10. The zero-order chi connectivity index (χ0) is 31.4. The fourth-order valence-corrected chi connectivity index (χ4v) is 6.47. The van der Waals surface area contributed by atoms with Crippen LogP contribution in [0.25, 0.3) is 6.08 Å². The van der Waals surface area contributed by atoms with Crippen LogP contribution < -0.4 is 29.1 Å². The molecule has 0 radical (unpaired) electrons. The number of ether oxygens (including phenoxy) is 4. The average Bonchev–Trinajstić information content (AvgIpc) is 3.31. The van der Waals surface area contributed by atoms with E-state index in [-0.39, 0.29) is 30.2 Å². The second-order valence-corrected chi connectivity index (χ2v) is 11.6. The minimum atomic E-state index is -0.849. The minimum Gasteiger partial charge on any atom is -0.493 e. The highest BCUT2D eigenvalue weighted by molar-refractivity contribution is 9.10. The molecule has 1 aromatic heterocycles. The van der Waals surface area contributed by atoms with Crippen molar-refractivity contribution in [2.24, 2.45) is 4.99 Å². The Morgan fingerprint density at radius 3 is 2.52 bits per heavy atom. The van der Waals surface area contributed by atoms with Crippen LogP contribution in [0.1, 0.15) is 43.5 Å². The topological polar surface area (TPSA) is 88.4 Å². The molecule has 0 bridgehead atoms. The van der Waals surface area contributed by atoms with Gasteiger partial charge in [0.25, 0.3) is 5.56 Å². The van der Waals surface area contributed by atoms with Gasteiger partial charge in [0, 0.05) is 5.56 Å². The van der Waals surface area contributed by atoms with E-state index >= 15 is 0 Å². The highest BCUT2D eigenvalue weighted by Crippen LogP contribution is 2.40. The lowest BCUT2D eigenvalue weighted by Gasteiger charge is -2.26. The van der Waals surface area contributed by atoms with E-state index in [2.05, 4.69) is 20.9 Å². The van der Waals surface area contributed by atoms with Gasteiger partial charge in [-0.3, -0.25) is 9.36 Å². The fraction of sp³-hybridized carbons (Fsp3) is 0.242. The number of hydrogen-bond donors (Lipinski definition) is 0. The van der Waals surface area contributed by atoms with Crippen molar-refractivity contribution in [3.8, 4) is 17.2 Å². The molecule has 0 N–H and O–H groups in total. The van der Waals surface area contributed by atoms with Gasteiger partial charge in [0.15, 0.2) is 16.3 Å². The van der Waals surface area contributed by atoms with Crippen LogP contribution in [0.5, 0.6) is 17.2 Å². The Morgan fingerprint density at radius 2 is 1.84 bits per heavy atom. The van der Waals surface area contributed by atoms with Crippen LogP contribution in [-0.2, 0) is 16.1 Å². The maximum atomic E-state index is 14.1. The number of methoxy groups -OCH3 is 1. The molecule has 2 heterocycles. The molecule has 44 heavy (non-hydrogen) atoms. The highest BCUT2D eigenvalue weighted by atomic mass is 79.9. The van der Waals surface area contributed by atoms with Gasteiger partial charge in [-0.05, 0) is 84.2 Å². The Balaban J connectivity index is 1.58. The lowest BCUT2D eigenvalue weighted by atomic mass is 9.94. The standard InChI is InChI=1S/C33H30BrFN2O6S/c1-5-41-30-23(8-7-9-26(30)40-4)29-28(32(39)42-6-2)19(3)36-33-37(29)31(38)27(44-33)17-21-12-15-25(24(34)16-21)43-18-20-10-13-22(35)14-11-20/h7-17,29H,5-6,18H2,1-4H3/b27-17+/t29-/m0/s1. The SMILES string of the molecule is CCOC(=O)C1=C(C)N=c2s/c(=C/c3ccc(OCc4ccc(F)cc4)c(Br)c3)c(=O)n2[C@H]1c1cccc(OC)c1OCC. The molecule has 0 saturated carbocycles. The number of allylic oxidation sites excluding steroid dienone is 1. The Kier molecular flexibility index (Phi) is 9.65. The van der Waals surface area contributed by atoms with Gasteiger partial charge in [-0.25, -0.2) is 14.2 Å². The molecule has 0 aliphatic carbocycles. The van der Waals surface area contributed by atoms with Crippen molar-refractivity contribution in [3.63, 3.8) is 0 Å². The Morgan fingerprint density at radius 1 is 1.07 bits per heavy atom. The highest BCUT2D eigenvalue weighted by Gasteiger charge is 2.36. The number of esters is 1. The number of aromatic nitrogens is 1. The molecule has 1 aliphatic heterocycles. The number of halogens is 2. The number of thiazole rings is 1. The number of carbonyl (C=O) groups is 1. The van der Waals surface area contributed by atoms with Crippen molar-refractivity contribution in [3.05, 3.63) is 119 Å². The van der Waals surface area contributed by atoms with Crippen LogP contribution in [-0.4, -0.2) is 30.9 Å². The number of fused-ring (bicyclic) bond motifs is 1. The Labute approximate surface area is 265 Å². The van der Waals surface area contributed by atoms with Crippen molar-refractivity contribution in [1.29, 1.82) is 0 Å². The molecule has 8 nitrogen and oxygen atoms in total. The summed E-state index contributed by atoms with van der Waals surface area (Å²) in [7, 11) is 1.54. The summed E-state index contributed by atoms with van der Waals surface area (Å²) in [6.07, 6.45) is 1.77. The molecule has 0 amide bonds. The van der Waals surface area contributed by atoms with Crippen LogP contribution in [0.4, 0.5) is 4.39 Å². The normalized spacial score (nSPS) is 14.6. The van der Waals surface area contributed by atoms with Gasteiger partial charge in [0.1, 0.15) is 24.2 Å². The van der Waals surface area contributed by atoms with Crippen molar-refractivity contribution >= 4 is 39.3 Å². The van der Waals surface area contributed by atoms with Crippen LogP contribution in [0, 0.1) is 5.82 Å². The molecule has 0 unspecified atom stereocenters. The monoisotopic (exact) mass is 680 g/mol. The molecule has 0 spiro atoms. The second-order valence-electron chi connectivity index (χ2n) is 9.72. The summed E-state index contributed by atoms with van der Waals surface area (Å²) in [6.45, 7) is 6.11. The largest absolute Gasteiger partial charge is 0.493 e. The van der Waals surface area contributed by atoms with E-state index in [9.17, 15) is 14.0 Å². The molecule has 0 saturated heterocycles. The summed E-state index contributed by atoms with van der Waals surface area (Å²) in [5.41, 5.74) is 2.57. The number of hydrogen-bond acceptors (Lipinski definition) is 8. The van der Waals surface area contributed by atoms with E-state index in [4.69, 9.17) is 18.9 Å². The number of para-hydroxylation sites is 1. The van der Waals surface area contributed by atoms with Gasteiger partial charge >= 0.3 is 5.97 Å². The number of nitrogens with zero attached hydrogens (tertiary/aromatic N) is 2. The van der Waals surface area contributed by atoms with Crippen LogP contribution >= 0.6 is 27.3 Å². The Bertz CT molecular complexity index is 1920. The smallest absolute Gasteiger partial charge is 0.338 e. The van der Waals surface area contributed by atoms with E-state index in [0.717, 1.165) is 11.1 Å². The lowest BCUT2D eigenvalue weighted by molar-refractivity contribution is -0.139. The van der Waals surface area contributed by atoms with Crippen LogP contribution in [0.3, 0.4) is 0 Å². The molecule has 0 fully saturated rings. The first-order valence-electron chi connectivity index (χ1n) is 13.9. The van der Waals surface area contributed by atoms with Gasteiger partial charge in [-0.1, -0.05) is 41.7 Å². The van der Waals surface area contributed by atoms with Crippen molar-refractivity contribution in [1.82, 2.24) is 4.57 Å². The summed E-state index contributed by atoms with van der Waals surface area (Å²) in [4.78, 5) is 32.5. The second kappa shape index (κ2) is 13.6. The summed E-state index contributed by atoms with van der Waals surface area (Å²) >= 11 is 4.78. The summed E-state index contributed by atoms with van der Waals surface area (Å²) < 4.78 is 38.7. The number of carbonyl (C=O) groups excluding carboxylic acids is 1. The first-order chi connectivity index (χ1) is 21.2. The van der Waals surface area contributed by atoms with Crippen LogP contribution in [0.2, 0.25) is 0 Å². The number of benzene rings is 3. The maximum absolute atomic E-state index is 14.1. The van der Waals surface area contributed by atoms with Crippen molar-refractivity contribution in [2.75, 3.05) is 20.3 Å². The third kappa shape index (κ3) is 6.34. The van der Waals surface area contributed by atoms with E-state index in [1.54, 1.807) is 50.3 Å². The van der Waals surface area contributed by atoms with E-state index in [1.165, 1.54) is 35.1 Å². The van der Waals surface area contributed by atoms with Gasteiger partial charge in [0.2, 0.25) is 0 Å². The zero-order valence-corrected chi connectivity index (χ0v) is 27.0. The Hall–Kier alpha value is -4.22. The predicted octanol–water partition coefficient (Wildman–Crippen LogP) is 5.69. The average molecular weight is 682 g/mol. The summed E-state index contributed by atoms with van der Waals surface area (Å²) in [5, 5.41) is 0. The van der Waals surface area contributed by atoms with Gasteiger partial charge in [-0.2, -0.15) is 0 Å². The fourth-order valence-electron chi connectivity index (χ4n) is 4.91. The molecular formula is C33H30BrFN2O6S. The minimum absolute atomic E-state index is 0.168. The van der Waals surface area contributed by atoms with Crippen molar-refractivity contribution < 1.29 is 28.1 Å². The van der Waals surface area contributed by atoms with E-state index in [1.807, 2.05) is 25.1 Å². The molecule has 3 aromatic carbocycles. The summed E-state index contributed by atoms with van der Waals surface area (Å²) in [5.74, 6) is 0.661. The maximum Gasteiger partial charge on any atom is 0.338 e. The van der Waals surface area contributed by atoms with Gasteiger partial charge < -0.3 is 18.9 Å². The van der Waals surface area contributed by atoms with Crippen LogP contribution in [0.15, 0.2) is 86.2 Å². The molecule has 5 rings (SSSR count). The first-order valence-corrected chi connectivity index (χ1v) is 15.5. The first kappa shape index (κ1) is 31.2. The summed E-state index contributed by atoms with van der Waals surface area (Å²) in [6, 6.07) is 16.1. The van der Waals surface area contributed by atoms with E-state index in [0.29, 0.717) is 48.9 Å². The molecular weight excluding hydrogens is 651 g/mol. The quantitative estimate of drug-likeness (QED) is 0.200. The third-order valence-electron chi connectivity index (χ3n) is 6.89. The zero-order valence-electron chi connectivity index (χ0n) is 24.6. The molecule has 1 aliphatic rings. The molecule has 11 heteroatoms. The predicted molar refractivity (Wildman–Crippen MR) is 169 cm³/mol. The van der Waals surface area contributed by atoms with Gasteiger partial charge in [0.05, 0.1) is 40.6 Å². The molecule has 1 atom stereocenters. The molecule has 4 aromatic rings. The third-order valence-corrected chi connectivity index (χ3v) is 8.49. The van der Waals surface area contributed by atoms with E-state index < -0.39 is 12.0 Å². The molecule has 228 valence electrons.